The average Bonchev–Trinajstić information content (AvgIpc) is 3.63. The largest absolute Gasteiger partial charge is 0.393 e. The molecule has 0 aromatic carbocycles. The summed E-state index contributed by atoms with van der Waals surface area (Å²) in [5, 5.41) is 41.5. The maximum atomic E-state index is 12.6. The van der Waals surface area contributed by atoms with Gasteiger partial charge < -0.3 is 36.3 Å². The number of nitrogens with zero attached hydrogens (tertiary/aromatic N) is 1. The van der Waals surface area contributed by atoms with E-state index in [2.05, 4.69) is 46.7 Å². The second-order valence-electron chi connectivity index (χ2n) is 14.8. The Labute approximate surface area is 260 Å². The van der Waals surface area contributed by atoms with E-state index < -0.39 is 18.1 Å². The van der Waals surface area contributed by atoms with Crippen LogP contribution in [0.4, 0.5) is 0 Å². The highest BCUT2D eigenvalue weighted by Gasteiger charge is 2.65. The van der Waals surface area contributed by atoms with E-state index >= 15 is 0 Å². The summed E-state index contributed by atoms with van der Waals surface area (Å²) in [4.78, 5) is 43.7. The molecular weight excluding hydrogens is 562 g/mol. The molecule has 0 aliphatic heterocycles. The zero-order valence-electron chi connectivity index (χ0n) is 26.6. The second-order valence-corrected chi connectivity index (χ2v) is 14.8. The zero-order valence-corrected chi connectivity index (χ0v) is 26.6. The van der Waals surface area contributed by atoms with Crippen molar-refractivity contribution in [2.24, 2.45) is 46.3 Å². The number of H-pyrrole nitrogens is 1. The van der Waals surface area contributed by atoms with Crippen LogP contribution < -0.4 is 16.0 Å². The first-order chi connectivity index (χ1) is 20.9. The summed E-state index contributed by atoms with van der Waals surface area (Å²) in [5.74, 6) is 0.483. The first kappa shape index (κ1) is 32.9. The fourth-order valence-electron chi connectivity index (χ4n) is 10.0. The summed E-state index contributed by atoms with van der Waals surface area (Å²) in [7, 11) is 0. The Hall–Kier alpha value is -2.50. The van der Waals surface area contributed by atoms with Gasteiger partial charge in [-0.25, -0.2) is 4.98 Å². The summed E-state index contributed by atoms with van der Waals surface area (Å²) in [6, 6.07) is 0. The Morgan fingerprint density at radius 3 is 2.43 bits per heavy atom. The number of nitrogens with one attached hydrogen (secondary N) is 4. The van der Waals surface area contributed by atoms with Crippen LogP contribution in [0, 0.1) is 46.3 Å². The van der Waals surface area contributed by atoms with Gasteiger partial charge in [0.05, 0.1) is 37.7 Å². The van der Waals surface area contributed by atoms with Crippen LogP contribution in [0.5, 0.6) is 0 Å². The van der Waals surface area contributed by atoms with E-state index in [4.69, 9.17) is 0 Å². The first-order valence-electron chi connectivity index (χ1n) is 16.7. The van der Waals surface area contributed by atoms with Gasteiger partial charge in [0, 0.05) is 31.3 Å². The first-order valence-corrected chi connectivity index (χ1v) is 16.7. The van der Waals surface area contributed by atoms with Crippen molar-refractivity contribution in [1.29, 1.82) is 0 Å². The quantitative estimate of drug-likeness (QED) is 0.198. The number of carbonyl (C=O) groups is 3. The van der Waals surface area contributed by atoms with Crippen molar-refractivity contribution >= 4 is 17.7 Å². The van der Waals surface area contributed by atoms with Crippen molar-refractivity contribution in [3.63, 3.8) is 0 Å². The third-order valence-corrected chi connectivity index (χ3v) is 12.5. The SMILES string of the molecule is C[C@H](CCC(=O)NCC(=O)NCC(=O)NCCc1cnc[nH]1)[C@H]1CC[C@H]2[C@@H]3[C@H](O)C[C@@H]4C[C@H](O)CC[C@]4(C)[C@H]3C[C@H](O)[C@]12C. The molecule has 11 atom stereocenters. The molecule has 11 heteroatoms. The van der Waals surface area contributed by atoms with Crippen LogP contribution in [0.1, 0.15) is 84.3 Å². The molecule has 44 heavy (non-hydrogen) atoms. The van der Waals surface area contributed by atoms with Crippen molar-refractivity contribution in [1.82, 2.24) is 25.9 Å². The number of hydrogen-bond donors (Lipinski definition) is 7. The lowest BCUT2D eigenvalue weighted by atomic mass is 9.43. The molecule has 3 amide bonds. The standard InChI is InChI=1S/C33H53N5O6/c1-19(4-7-28(42)36-17-30(44)37-16-29(43)35-11-9-21-15-34-18-38-21)23-5-6-24-31-25(14-27(41)33(23,24)3)32(2)10-8-22(39)12-20(32)13-26(31)40/h15,18-20,22-27,31,39-41H,4-14,16-17H2,1-3H3,(H,34,38)(H,35,43)(H,36,42)(H,37,44)/t19-,20+,22-,23-,24+,25+,26-,27+,31+,32+,33-/m1/s1. The maximum absolute atomic E-state index is 12.6. The summed E-state index contributed by atoms with van der Waals surface area (Å²) < 4.78 is 0. The molecule has 0 bridgehead atoms. The van der Waals surface area contributed by atoms with E-state index in [0.29, 0.717) is 31.7 Å². The van der Waals surface area contributed by atoms with Crippen molar-refractivity contribution in [2.45, 2.75) is 103 Å². The summed E-state index contributed by atoms with van der Waals surface area (Å²) >= 11 is 0. The number of aromatic nitrogens is 2. The number of fused-ring (bicyclic) bond motifs is 5. The Bertz CT molecular complexity index is 1160. The normalized spacial score (nSPS) is 38.5. The van der Waals surface area contributed by atoms with Gasteiger partial charge in [-0.15, -0.1) is 0 Å². The smallest absolute Gasteiger partial charge is 0.239 e. The van der Waals surface area contributed by atoms with E-state index in [-0.39, 0.29) is 77.8 Å². The van der Waals surface area contributed by atoms with Crippen molar-refractivity contribution in [3.8, 4) is 0 Å². The van der Waals surface area contributed by atoms with Gasteiger partial charge in [0.15, 0.2) is 0 Å². The number of aliphatic hydroxyl groups excluding tert-OH is 3. The van der Waals surface area contributed by atoms with Crippen LogP contribution in [-0.4, -0.2) is 81.0 Å². The fraction of sp³-hybridized carbons (Fsp3) is 0.818. The third-order valence-electron chi connectivity index (χ3n) is 12.5. The Kier molecular flexibility index (Phi) is 10.1. The number of carbonyl (C=O) groups excluding carboxylic acids is 3. The molecule has 11 nitrogen and oxygen atoms in total. The van der Waals surface area contributed by atoms with Crippen LogP contribution in [0.15, 0.2) is 12.5 Å². The lowest BCUT2D eigenvalue weighted by Crippen LogP contribution is -2.62. The minimum Gasteiger partial charge on any atom is -0.393 e. The maximum Gasteiger partial charge on any atom is 0.239 e. The molecule has 4 aliphatic carbocycles. The molecule has 5 rings (SSSR count). The van der Waals surface area contributed by atoms with Crippen LogP contribution in [0.3, 0.4) is 0 Å². The minimum atomic E-state index is -0.460. The van der Waals surface area contributed by atoms with Crippen LogP contribution >= 0.6 is 0 Å². The highest BCUT2D eigenvalue weighted by Crippen LogP contribution is 2.68. The monoisotopic (exact) mass is 615 g/mol. The molecular formula is C33H53N5O6. The summed E-state index contributed by atoms with van der Waals surface area (Å²) in [6.07, 6.45) is 9.56. The van der Waals surface area contributed by atoms with Gasteiger partial charge in [-0.2, -0.15) is 0 Å². The molecule has 1 aromatic heterocycles. The molecule has 0 unspecified atom stereocenters. The van der Waals surface area contributed by atoms with Crippen molar-refractivity contribution in [3.05, 3.63) is 18.2 Å². The molecule has 0 spiro atoms. The fourth-order valence-corrected chi connectivity index (χ4v) is 10.0. The van der Waals surface area contributed by atoms with Gasteiger partial charge in [-0.3, -0.25) is 14.4 Å². The Morgan fingerprint density at radius 1 is 0.977 bits per heavy atom. The van der Waals surface area contributed by atoms with Crippen LogP contribution in [0.2, 0.25) is 0 Å². The lowest BCUT2D eigenvalue weighted by Gasteiger charge is -2.63. The molecule has 4 aliphatic rings. The number of amides is 3. The van der Waals surface area contributed by atoms with E-state index in [1.807, 2.05) is 0 Å². The third kappa shape index (κ3) is 6.56. The van der Waals surface area contributed by atoms with Gasteiger partial charge in [0.25, 0.3) is 0 Å². The Morgan fingerprint density at radius 2 is 1.70 bits per heavy atom. The van der Waals surface area contributed by atoms with E-state index in [1.165, 1.54) is 0 Å². The highest BCUT2D eigenvalue weighted by atomic mass is 16.3. The van der Waals surface area contributed by atoms with Crippen molar-refractivity contribution < 1.29 is 29.7 Å². The molecule has 0 saturated heterocycles. The molecule has 4 fully saturated rings. The summed E-state index contributed by atoms with van der Waals surface area (Å²) in [6.45, 7) is 6.81. The van der Waals surface area contributed by atoms with Gasteiger partial charge in [0.2, 0.25) is 17.7 Å². The van der Waals surface area contributed by atoms with E-state index in [1.54, 1.807) is 12.5 Å². The lowest BCUT2D eigenvalue weighted by molar-refractivity contribution is -0.207. The highest BCUT2D eigenvalue weighted by molar-refractivity contribution is 5.88. The van der Waals surface area contributed by atoms with Gasteiger partial charge >= 0.3 is 0 Å². The van der Waals surface area contributed by atoms with Gasteiger partial charge in [-0.05, 0) is 97.7 Å². The molecule has 7 N–H and O–H groups in total. The Balaban J connectivity index is 1.07. The zero-order chi connectivity index (χ0) is 31.6. The molecule has 1 heterocycles. The number of hydrogen-bond acceptors (Lipinski definition) is 7. The minimum absolute atomic E-state index is 0.0455. The van der Waals surface area contributed by atoms with E-state index in [9.17, 15) is 29.7 Å². The molecule has 1 aromatic rings. The number of imidazole rings is 1. The topological polar surface area (TPSA) is 177 Å². The molecule has 0 radical (unpaired) electrons. The summed E-state index contributed by atoms with van der Waals surface area (Å²) in [5.41, 5.74) is 0.645. The van der Waals surface area contributed by atoms with Crippen molar-refractivity contribution in [2.75, 3.05) is 19.6 Å². The van der Waals surface area contributed by atoms with Crippen LogP contribution in [-0.2, 0) is 20.8 Å². The molecule has 4 saturated carbocycles. The van der Waals surface area contributed by atoms with Gasteiger partial charge in [-0.1, -0.05) is 20.8 Å². The number of aliphatic hydroxyl groups is 3. The van der Waals surface area contributed by atoms with Gasteiger partial charge in [0.1, 0.15) is 0 Å². The number of aromatic amines is 1. The number of rotatable bonds is 11. The van der Waals surface area contributed by atoms with E-state index in [0.717, 1.165) is 44.2 Å². The predicted octanol–water partition coefficient (Wildman–Crippen LogP) is 1.68. The second kappa shape index (κ2) is 13.5. The van der Waals surface area contributed by atoms with Crippen LogP contribution in [0.25, 0.3) is 0 Å². The average molecular weight is 616 g/mol. The predicted molar refractivity (Wildman–Crippen MR) is 164 cm³/mol. The molecule has 246 valence electrons.